The summed E-state index contributed by atoms with van der Waals surface area (Å²) in [5.41, 5.74) is 0. The van der Waals surface area contributed by atoms with Gasteiger partial charge in [0.1, 0.15) is 6.04 Å². The van der Waals surface area contributed by atoms with Crippen LogP contribution in [0.15, 0.2) is 0 Å². The van der Waals surface area contributed by atoms with E-state index in [1.54, 1.807) is 0 Å². The lowest BCUT2D eigenvalue weighted by Gasteiger charge is -2.30. The fourth-order valence-corrected chi connectivity index (χ4v) is 2.68. The number of carbonyl (C=O) groups is 2. The number of ether oxygens (including phenoxy) is 1. The Morgan fingerprint density at radius 2 is 1.95 bits per heavy atom. The van der Waals surface area contributed by atoms with Crippen molar-refractivity contribution in [2.75, 3.05) is 7.11 Å². The van der Waals surface area contributed by atoms with Crippen molar-refractivity contribution in [3.63, 3.8) is 0 Å². The van der Waals surface area contributed by atoms with Crippen molar-refractivity contribution in [3.05, 3.63) is 0 Å². The van der Waals surface area contributed by atoms with Gasteiger partial charge < -0.3 is 15.4 Å². The van der Waals surface area contributed by atoms with Crippen molar-refractivity contribution < 1.29 is 14.3 Å². The van der Waals surface area contributed by atoms with Crippen LogP contribution in [0.5, 0.6) is 0 Å². The Morgan fingerprint density at radius 3 is 2.50 bits per heavy atom. The molecule has 0 saturated heterocycles. The third-order valence-electron chi connectivity index (χ3n) is 4.38. The minimum atomic E-state index is -0.580. The number of nitrogens with one attached hydrogen (secondary N) is 2. The highest BCUT2D eigenvalue weighted by Crippen LogP contribution is 2.23. The van der Waals surface area contributed by atoms with E-state index in [1.807, 2.05) is 13.8 Å². The molecule has 20 heavy (non-hydrogen) atoms. The van der Waals surface area contributed by atoms with E-state index < -0.39 is 6.04 Å². The number of hydrogen-bond donors (Lipinski definition) is 2. The number of amides is 2. The summed E-state index contributed by atoms with van der Waals surface area (Å²) in [6.07, 6.45) is 5.36. The minimum Gasteiger partial charge on any atom is -0.467 e. The van der Waals surface area contributed by atoms with Gasteiger partial charge in [-0.2, -0.15) is 0 Å². The number of hydrogen-bond acceptors (Lipinski definition) is 3. The predicted molar refractivity (Wildman–Crippen MR) is 78.3 cm³/mol. The van der Waals surface area contributed by atoms with Crippen molar-refractivity contribution >= 4 is 12.0 Å². The quantitative estimate of drug-likeness (QED) is 0.762. The van der Waals surface area contributed by atoms with E-state index in [0.717, 1.165) is 25.7 Å². The molecule has 4 atom stereocenters. The molecule has 1 saturated carbocycles. The van der Waals surface area contributed by atoms with Crippen LogP contribution in [0.2, 0.25) is 0 Å². The van der Waals surface area contributed by atoms with Crippen LogP contribution < -0.4 is 10.6 Å². The van der Waals surface area contributed by atoms with Gasteiger partial charge in [0.15, 0.2) is 0 Å². The molecule has 1 aliphatic carbocycles. The van der Waals surface area contributed by atoms with Crippen molar-refractivity contribution in [2.45, 2.75) is 65.0 Å². The molecule has 116 valence electrons. The maximum atomic E-state index is 12.1. The molecule has 0 bridgehead atoms. The SMILES string of the molecule is CC[C@H](C)[C@H](NC(=O)N[C@@H]1CCCC[C@@H]1C)C(=O)OC. The van der Waals surface area contributed by atoms with Crippen LogP contribution in [0.4, 0.5) is 4.79 Å². The van der Waals surface area contributed by atoms with Gasteiger partial charge in [0, 0.05) is 6.04 Å². The number of urea groups is 1. The molecular weight excluding hydrogens is 256 g/mol. The maximum Gasteiger partial charge on any atom is 0.328 e. The van der Waals surface area contributed by atoms with Crippen LogP contribution in [0.3, 0.4) is 0 Å². The third kappa shape index (κ3) is 4.69. The molecular formula is C15H28N2O3. The van der Waals surface area contributed by atoms with Crippen molar-refractivity contribution in [1.29, 1.82) is 0 Å². The summed E-state index contributed by atoms with van der Waals surface area (Å²) < 4.78 is 4.77. The van der Waals surface area contributed by atoms with E-state index in [9.17, 15) is 9.59 Å². The fraction of sp³-hybridized carbons (Fsp3) is 0.867. The first-order valence-electron chi connectivity index (χ1n) is 7.64. The molecule has 2 N–H and O–H groups in total. The number of rotatable bonds is 5. The molecule has 5 heteroatoms. The van der Waals surface area contributed by atoms with Gasteiger partial charge in [0.05, 0.1) is 7.11 Å². The summed E-state index contributed by atoms with van der Waals surface area (Å²) in [5, 5.41) is 5.76. The Kier molecular flexibility index (Phi) is 6.82. The molecule has 0 aliphatic heterocycles. The van der Waals surface area contributed by atoms with Crippen LogP contribution in [-0.2, 0) is 9.53 Å². The van der Waals surface area contributed by atoms with Gasteiger partial charge in [-0.3, -0.25) is 0 Å². The normalized spacial score (nSPS) is 25.4. The average molecular weight is 284 g/mol. The van der Waals surface area contributed by atoms with E-state index in [2.05, 4.69) is 17.6 Å². The van der Waals surface area contributed by atoms with Crippen molar-refractivity contribution in [2.24, 2.45) is 11.8 Å². The van der Waals surface area contributed by atoms with Crippen molar-refractivity contribution in [3.8, 4) is 0 Å². The molecule has 1 aliphatic rings. The lowest BCUT2D eigenvalue weighted by Crippen LogP contribution is -2.53. The molecule has 0 heterocycles. The number of esters is 1. The zero-order valence-electron chi connectivity index (χ0n) is 13.1. The lowest BCUT2D eigenvalue weighted by molar-refractivity contribution is -0.144. The Bertz CT molecular complexity index is 333. The highest BCUT2D eigenvalue weighted by Gasteiger charge is 2.28. The fourth-order valence-electron chi connectivity index (χ4n) is 2.68. The second-order valence-corrected chi connectivity index (χ2v) is 5.87. The van der Waals surface area contributed by atoms with Crippen LogP contribution in [0.1, 0.15) is 52.9 Å². The topological polar surface area (TPSA) is 67.4 Å². The third-order valence-corrected chi connectivity index (χ3v) is 4.38. The van der Waals surface area contributed by atoms with Gasteiger partial charge in [-0.05, 0) is 24.7 Å². The van der Waals surface area contributed by atoms with Crippen molar-refractivity contribution in [1.82, 2.24) is 10.6 Å². The number of carbonyl (C=O) groups excluding carboxylic acids is 2. The second kappa shape index (κ2) is 8.12. The molecule has 0 radical (unpaired) electrons. The van der Waals surface area contributed by atoms with Gasteiger partial charge >= 0.3 is 12.0 Å². The van der Waals surface area contributed by atoms with Crippen LogP contribution in [0.25, 0.3) is 0 Å². The maximum absolute atomic E-state index is 12.1. The molecule has 2 amide bonds. The monoisotopic (exact) mass is 284 g/mol. The smallest absolute Gasteiger partial charge is 0.328 e. The average Bonchev–Trinajstić information content (AvgIpc) is 2.45. The molecule has 0 aromatic carbocycles. The predicted octanol–water partition coefficient (Wildman–Crippen LogP) is 2.45. The van der Waals surface area contributed by atoms with E-state index in [4.69, 9.17) is 4.74 Å². The summed E-state index contributed by atoms with van der Waals surface area (Å²) in [6.45, 7) is 6.09. The second-order valence-electron chi connectivity index (χ2n) is 5.87. The minimum absolute atomic E-state index is 0.0528. The summed E-state index contributed by atoms with van der Waals surface area (Å²) in [5.74, 6) is 0.165. The van der Waals surface area contributed by atoms with Gasteiger partial charge in [-0.25, -0.2) is 9.59 Å². The van der Waals surface area contributed by atoms with E-state index in [1.165, 1.54) is 13.5 Å². The first-order valence-corrected chi connectivity index (χ1v) is 7.64. The van der Waals surface area contributed by atoms with Crippen LogP contribution in [0, 0.1) is 11.8 Å². The van der Waals surface area contributed by atoms with Gasteiger partial charge in [0.2, 0.25) is 0 Å². The van der Waals surface area contributed by atoms with E-state index in [-0.39, 0.29) is 24.0 Å². The molecule has 0 spiro atoms. The van der Waals surface area contributed by atoms with Gasteiger partial charge in [-0.15, -0.1) is 0 Å². The van der Waals surface area contributed by atoms with Crippen LogP contribution >= 0.6 is 0 Å². The zero-order valence-corrected chi connectivity index (χ0v) is 13.1. The Hall–Kier alpha value is -1.26. The Labute approximate surface area is 121 Å². The molecule has 0 aromatic heterocycles. The summed E-state index contributed by atoms with van der Waals surface area (Å²) in [6, 6.07) is -0.637. The molecule has 1 fully saturated rings. The Balaban J connectivity index is 2.54. The van der Waals surface area contributed by atoms with Gasteiger partial charge in [0.25, 0.3) is 0 Å². The van der Waals surface area contributed by atoms with E-state index in [0.29, 0.717) is 5.92 Å². The molecule has 0 unspecified atom stereocenters. The largest absolute Gasteiger partial charge is 0.467 e. The summed E-state index contributed by atoms with van der Waals surface area (Å²) >= 11 is 0. The summed E-state index contributed by atoms with van der Waals surface area (Å²) in [4.78, 5) is 23.8. The van der Waals surface area contributed by atoms with Crippen LogP contribution in [-0.4, -0.2) is 31.2 Å². The summed E-state index contributed by atoms with van der Waals surface area (Å²) in [7, 11) is 1.35. The highest BCUT2D eigenvalue weighted by atomic mass is 16.5. The first-order chi connectivity index (χ1) is 9.49. The number of methoxy groups -OCH3 is 1. The zero-order chi connectivity index (χ0) is 15.1. The molecule has 5 nitrogen and oxygen atoms in total. The highest BCUT2D eigenvalue weighted by molar-refractivity contribution is 5.83. The standard InChI is InChI=1S/C15H28N2O3/c1-5-10(2)13(14(18)20-4)17-15(19)16-12-9-7-6-8-11(12)3/h10-13H,5-9H2,1-4H3,(H2,16,17,19)/t10-,11-,12+,13-/m0/s1. The molecule has 0 aromatic rings. The Morgan fingerprint density at radius 1 is 1.30 bits per heavy atom. The lowest BCUT2D eigenvalue weighted by atomic mass is 9.86. The van der Waals surface area contributed by atoms with E-state index >= 15 is 0 Å². The molecule has 1 rings (SSSR count). The van der Waals surface area contributed by atoms with Gasteiger partial charge in [-0.1, -0.05) is 40.0 Å². The first kappa shape index (κ1) is 16.8.